The first kappa shape index (κ1) is 12.9. The fourth-order valence-electron chi connectivity index (χ4n) is 2.14. The van der Waals surface area contributed by atoms with Crippen LogP contribution in [0.5, 0.6) is 0 Å². The van der Waals surface area contributed by atoms with Crippen molar-refractivity contribution in [1.29, 1.82) is 0 Å². The van der Waals surface area contributed by atoms with E-state index >= 15 is 0 Å². The van der Waals surface area contributed by atoms with Gasteiger partial charge in [-0.1, -0.05) is 13.3 Å². The third-order valence-corrected chi connectivity index (χ3v) is 3.34. The zero-order chi connectivity index (χ0) is 13.0. The van der Waals surface area contributed by atoms with Crippen molar-refractivity contribution in [2.45, 2.75) is 39.5 Å². The van der Waals surface area contributed by atoms with Gasteiger partial charge < -0.3 is 14.5 Å². The van der Waals surface area contributed by atoms with Crippen molar-refractivity contribution >= 4 is 12.0 Å². The largest absolute Gasteiger partial charge is 0.461 e. The lowest BCUT2D eigenvalue weighted by Gasteiger charge is -2.13. The van der Waals surface area contributed by atoms with Gasteiger partial charge in [0.05, 0.1) is 6.61 Å². The van der Waals surface area contributed by atoms with E-state index in [0.29, 0.717) is 18.0 Å². The zero-order valence-electron chi connectivity index (χ0n) is 11.0. The Labute approximate surface area is 107 Å². The second-order valence-electron chi connectivity index (χ2n) is 4.86. The number of aromatic nitrogens is 1. The van der Waals surface area contributed by atoms with E-state index in [2.05, 4.69) is 17.2 Å². The average Bonchev–Trinajstić information content (AvgIpc) is 2.95. The van der Waals surface area contributed by atoms with Gasteiger partial charge in [-0.3, -0.25) is 0 Å². The third-order valence-electron chi connectivity index (χ3n) is 3.34. The van der Waals surface area contributed by atoms with E-state index in [-0.39, 0.29) is 5.69 Å². The number of rotatable bonds is 7. The summed E-state index contributed by atoms with van der Waals surface area (Å²) in [4.78, 5) is 15.5. The van der Waals surface area contributed by atoms with E-state index in [1.54, 1.807) is 6.92 Å². The van der Waals surface area contributed by atoms with E-state index in [0.717, 1.165) is 6.54 Å². The quantitative estimate of drug-likeness (QED) is 0.756. The fourth-order valence-corrected chi connectivity index (χ4v) is 2.14. The number of carbonyl (C=O) groups is 1. The van der Waals surface area contributed by atoms with Crippen LogP contribution in [0.3, 0.4) is 0 Å². The third kappa shape index (κ3) is 3.03. The molecule has 1 aliphatic rings. The molecule has 1 aliphatic carbocycles. The van der Waals surface area contributed by atoms with Crippen LogP contribution in [0.15, 0.2) is 10.7 Å². The second kappa shape index (κ2) is 5.42. The summed E-state index contributed by atoms with van der Waals surface area (Å²) in [5.74, 6) is -0.441. The summed E-state index contributed by atoms with van der Waals surface area (Å²) < 4.78 is 10.1. The number of anilines is 1. The highest BCUT2D eigenvalue weighted by molar-refractivity contribution is 5.87. The lowest BCUT2D eigenvalue weighted by Crippen LogP contribution is -2.15. The summed E-state index contributed by atoms with van der Waals surface area (Å²) in [5.41, 5.74) is 0.646. The summed E-state index contributed by atoms with van der Waals surface area (Å²) in [6, 6.07) is 0.403. The van der Waals surface area contributed by atoms with Crippen molar-refractivity contribution in [3.05, 3.63) is 12.0 Å². The molecule has 0 spiro atoms. The van der Waals surface area contributed by atoms with Crippen LogP contribution in [0.1, 0.15) is 50.0 Å². The molecule has 0 amide bonds. The number of carbonyl (C=O) groups excluding carboxylic acids is 1. The molecule has 0 atom stereocenters. The Morgan fingerprint density at radius 1 is 1.56 bits per heavy atom. The average molecular weight is 252 g/mol. The minimum absolute atomic E-state index is 0.222. The van der Waals surface area contributed by atoms with Gasteiger partial charge in [0.1, 0.15) is 6.26 Å². The summed E-state index contributed by atoms with van der Waals surface area (Å²) in [5, 5.41) is 3.16. The van der Waals surface area contributed by atoms with Crippen LogP contribution < -0.4 is 5.32 Å². The van der Waals surface area contributed by atoms with E-state index < -0.39 is 5.97 Å². The van der Waals surface area contributed by atoms with Gasteiger partial charge in [-0.05, 0) is 31.6 Å². The number of hydrogen-bond donors (Lipinski definition) is 1. The maximum absolute atomic E-state index is 11.4. The molecular weight excluding hydrogens is 232 g/mol. The smallest absolute Gasteiger partial charge is 0.360 e. The van der Waals surface area contributed by atoms with Crippen molar-refractivity contribution in [1.82, 2.24) is 4.98 Å². The van der Waals surface area contributed by atoms with E-state index in [4.69, 9.17) is 9.15 Å². The standard InChI is InChI=1S/C13H20N2O3/c1-3-5-13(6-7-13)9-14-12-15-10(8-18-12)11(16)17-4-2/h8H,3-7,9H2,1-2H3,(H,14,15). The lowest BCUT2D eigenvalue weighted by molar-refractivity contribution is 0.0519. The van der Waals surface area contributed by atoms with Gasteiger partial charge in [0.25, 0.3) is 6.01 Å². The summed E-state index contributed by atoms with van der Waals surface area (Å²) >= 11 is 0. The highest BCUT2D eigenvalue weighted by atomic mass is 16.5. The Morgan fingerprint density at radius 2 is 2.33 bits per heavy atom. The van der Waals surface area contributed by atoms with Crippen LogP contribution in [-0.4, -0.2) is 24.1 Å². The molecule has 2 rings (SSSR count). The lowest BCUT2D eigenvalue weighted by atomic mass is 10.0. The van der Waals surface area contributed by atoms with Crippen LogP contribution in [0.4, 0.5) is 6.01 Å². The van der Waals surface area contributed by atoms with Gasteiger partial charge in [-0.2, -0.15) is 4.98 Å². The van der Waals surface area contributed by atoms with Gasteiger partial charge in [0, 0.05) is 6.54 Å². The molecule has 0 saturated heterocycles. The Morgan fingerprint density at radius 3 is 2.94 bits per heavy atom. The van der Waals surface area contributed by atoms with Crippen LogP contribution in [-0.2, 0) is 4.74 Å². The SMILES string of the molecule is CCCC1(CNc2nc(C(=O)OCC)co2)CC1. The second-order valence-corrected chi connectivity index (χ2v) is 4.86. The van der Waals surface area contributed by atoms with E-state index in [9.17, 15) is 4.79 Å². The predicted molar refractivity (Wildman–Crippen MR) is 67.5 cm³/mol. The molecule has 0 aliphatic heterocycles. The van der Waals surface area contributed by atoms with Crippen LogP contribution >= 0.6 is 0 Å². The van der Waals surface area contributed by atoms with Crippen LogP contribution in [0.2, 0.25) is 0 Å². The molecule has 5 heteroatoms. The molecule has 0 bridgehead atoms. The minimum Gasteiger partial charge on any atom is -0.461 e. The van der Waals surface area contributed by atoms with Gasteiger partial charge >= 0.3 is 5.97 Å². The molecule has 1 fully saturated rings. The molecule has 0 radical (unpaired) electrons. The highest BCUT2D eigenvalue weighted by Gasteiger charge is 2.41. The van der Waals surface area contributed by atoms with Crippen molar-refractivity contribution in [2.75, 3.05) is 18.5 Å². The molecule has 0 unspecified atom stereocenters. The molecule has 0 aromatic carbocycles. The highest BCUT2D eigenvalue weighted by Crippen LogP contribution is 2.49. The van der Waals surface area contributed by atoms with Gasteiger partial charge in [-0.25, -0.2) is 4.79 Å². The van der Waals surface area contributed by atoms with Crippen molar-refractivity contribution in [2.24, 2.45) is 5.41 Å². The van der Waals surface area contributed by atoms with E-state index in [1.807, 2.05) is 0 Å². The number of oxazole rings is 1. The molecule has 1 aromatic heterocycles. The summed E-state index contributed by atoms with van der Waals surface area (Å²) in [6.45, 7) is 5.17. The molecule has 1 heterocycles. The Kier molecular flexibility index (Phi) is 3.89. The molecule has 1 saturated carbocycles. The van der Waals surface area contributed by atoms with Gasteiger partial charge in [-0.15, -0.1) is 0 Å². The Bertz CT molecular complexity index is 410. The number of hydrogen-bond acceptors (Lipinski definition) is 5. The predicted octanol–water partition coefficient (Wildman–Crippen LogP) is 2.84. The molecule has 18 heavy (non-hydrogen) atoms. The number of ether oxygens (including phenoxy) is 1. The van der Waals surface area contributed by atoms with Crippen LogP contribution in [0.25, 0.3) is 0 Å². The normalized spacial score (nSPS) is 16.3. The molecule has 1 aromatic rings. The summed E-state index contributed by atoms with van der Waals surface area (Å²) in [7, 11) is 0. The van der Waals surface area contributed by atoms with E-state index in [1.165, 1.54) is 31.9 Å². The van der Waals surface area contributed by atoms with Crippen LogP contribution in [0, 0.1) is 5.41 Å². The molecule has 100 valence electrons. The maximum atomic E-state index is 11.4. The Balaban J connectivity index is 1.85. The summed E-state index contributed by atoms with van der Waals surface area (Å²) in [6.07, 6.45) is 6.28. The molecular formula is C13H20N2O3. The number of esters is 1. The zero-order valence-corrected chi connectivity index (χ0v) is 11.0. The fraction of sp³-hybridized carbons (Fsp3) is 0.692. The monoisotopic (exact) mass is 252 g/mol. The van der Waals surface area contributed by atoms with Crippen molar-refractivity contribution < 1.29 is 13.9 Å². The van der Waals surface area contributed by atoms with Gasteiger partial charge in [0.15, 0.2) is 5.69 Å². The number of nitrogens with zero attached hydrogens (tertiary/aromatic N) is 1. The minimum atomic E-state index is -0.441. The first-order chi connectivity index (χ1) is 8.69. The Hall–Kier alpha value is -1.52. The van der Waals surface area contributed by atoms with Crippen molar-refractivity contribution in [3.8, 4) is 0 Å². The topological polar surface area (TPSA) is 64.4 Å². The first-order valence-electron chi connectivity index (χ1n) is 6.55. The van der Waals surface area contributed by atoms with Crippen molar-refractivity contribution in [3.63, 3.8) is 0 Å². The number of nitrogens with one attached hydrogen (secondary N) is 1. The molecule has 5 nitrogen and oxygen atoms in total. The first-order valence-corrected chi connectivity index (χ1v) is 6.55. The molecule has 1 N–H and O–H groups in total. The maximum Gasteiger partial charge on any atom is 0.360 e. The van der Waals surface area contributed by atoms with Gasteiger partial charge in [0.2, 0.25) is 0 Å².